The van der Waals surface area contributed by atoms with Gasteiger partial charge < -0.3 is 15.4 Å². The number of carbonyl (C=O) groups excluding carboxylic acids is 1. The average Bonchev–Trinajstić information content (AvgIpc) is 2.46. The third-order valence-electron chi connectivity index (χ3n) is 3.36. The van der Waals surface area contributed by atoms with E-state index in [0.29, 0.717) is 19.4 Å². The summed E-state index contributed by atoms with van der Waals surface area (Å²) < 4.78 is 18.6. The maximum Gasteiger partial charge on any atom is 0.410 e. The van der Waals surface area contributed by atoms with Crippen LogP contribution in [-0.4, -0.2) is 36.3 Å². The van der Waals surface area contributed by atoms with Gasteiger partial charge in [0, 0.05) is 12.6 Å². The Bertz CT molecular complexity index is 413. The molecule has 0 aromatic heterocycles. The van der Waals surface area contributed by atoms with Crippen molar-refractivity contribution >= 4 is 6.09 Å². The highest BCUT2D eigenvalue weighted by atomic mass is 19.1. The molecule has 1 aliphatic rings. The molecule has 0 saturated carbocycles. The van der Waals surface area contributed by atoms with E-state index in [1.807, 2.05) is 30.3 Å². The maximum atomic E-state index is 13.4. The molecule has 2 atom stereocenters. The minimum atomic E-state index is -0.980. The zero-order chi connectivity index (χ0) is 13.7. The summed E-state index contributed by atoms with van der Waals surface area (Å²) in [5.41, 5.74) is 6.52. The highest BCUT2D eigenvalue weighted by molar-refractivity contribution is 5.68. The van der Waals surface area contributed by atoms with Crippen LogP contribution in [0.2, 0.25) is 0 Å². The van der Waals surface area contributed by atoms with Gasteiger partial charge in [0.1, 0.15) is 12.8 Å². The van der Waals surface area contributed by atoms with E-state index in [0.717, 1.165) is 5.56 Å². The van der Waals surface area contributed by atoms with Crippen LogP contribution in [0.15, 0.2) is 30.3 Å². The van der Waals surface area contributed by atoms with E-state index in [2.05, 4.69) is 0 Å². The molecule has 1 amide bonds. The Hall–Kier alpha value is -1.62. The van der Waals surface area contributed by atoms with Gasteiger partial charge in [-0.25, -0.2) is 9.18 Å². The average molecular weight is 266 g/mol. The maximum absolute atomic E-state index is 13.4. The summed E-state index contributed by atoms with van der Waals surface area (Å²) in [5, 5.41) is 0. The van der Waals surface area contributed by atoms with Crippen molar-refractivity contribution in [1.29, 1.82) is 0 Å². The van der Waals surface area contributed by atoms with Gasteiger partial charge >= 0.3 is 6.09 Å². The fourth-order valence-electron chi connectivity index (χ4n) is 2.25. The normalized spacial score (nSPS) is 23.2. The molecule has 2 unspecified atom stereocenters. The third-order valence-corrected chi connectivity index (χ3v) is 3.36. The number of rotatable bonds is 3. The van der Waals surface area contributed by atoms with Gasteiger partial charge in [0.05, 0.1) is 6.54 Å². The molecular weight excluding hydrogens is 247 g/mol. The number of amides is 1. The Kier molecular flexibility index (Phi) is 4.74. The van der Waals surface area contributed by atoms with Crippen molar-refractivity contribution in [2.24, 2.45) is 5.73 Å². The summed E-state index contributed by atoms with van der Waals surface area (Å²) in [6, 6.07) is 9.29. The van der Waals surface area contributed by atoms with Gasteiger partial charge in [-0.1, -0.05) is 30.3 Å². The summed E-state index contributed by atoms with van der Waals surface area (Å²) in [6.45, 7) is 0.618. The molecule has 5 heteroatoms. The highest BCUT2D eigenvalue weighted by Crippen LogP contribution is 2.20. The molecule has 0 radical (unpaired) electrons. The molecule has 1 aliphatic heterocycles. The number of benzene rings is 1. The number of nitrogens with two attached hydrogens (primary N) is 1. The van der Waals surface area contributed by atoms with Crippen LogP contribution in [0.25, 0.3) is 0 Å². The molecule has 4 nitrogen and oxygen atoms in total. The number of halogens is 1. The molecule has 2 N–H and O–H groups in total. The molecule has 19 heavy (non-hydrogen) atoms. The van der Waals surface area contributed by atoms with Crippen LogP contribution in [0.1, 0.15) is 18.4 Å². The van der Waals surface area contributed by atoms with E-state index < -0.39 is 12.3 Å². The molecule has 1 aromatic carbocycles. The number of likely N-dealkylation sites (tertiary alicyclic amines) is 1. The molecule has 0 bridgehead atoms. The van der Waals surface area contributed by atoms with E-state index in [4.69, 9.17) is 10.5 Å². The van der Waals surface area contributed by atoms with Crippen molar-refractivity contribution in [3.63, 3.8) is 0 Å². The molecule has 1 aromatic rings. The van der Waals surface area contributed by atoms with Crippen LogP contribution in [0.4, 0.5) is 9.18 Å². The van der Waals surface area contributed by atoms with Crippen LogP contribution >= 0.6 is 0 Å². The largest absolute Gasteiger partial charge is 0.445 e. The number of piperidine rings is 1. The monoisotopic (exact) mass is 266 g/mol. The highest BCUT2D eigenvalue weighted by Gasteiger charge is 2.31. The fraction of sp³-hybridized carbons (Fsp3) is 0.500. The fourth-order valence-corrected chi connectivity index (χ4v) is 2.25. The minimum Gasteiger partial charge on any atom is -0.445 e. The van der Waals surface area contributed by atoms with E-state index in [1.165, 1.54) is 4.90 Å². The van der Waals surface area contributed by atoms with Crippen molar-refractivity contribution in [1.82, 2.24) is 4.90 Å². The number of hydrogen-bond donors (Lipinski definition) is 1. The first-order valence-electron chi connectivity index (χ1n) is 6.52. The van der Waals surface area contributed by atoms with Gasteiger partial charge in [-0.15, -0.1) is 0 Å². The summed E-state index contributed by atoms with van der Waals surface area (Å²) in [7, 11) is 0. The molecule has 104 valence electrons. The second-order valence-electron chi connectivity index (χ2n) is 4.76. The molecular formula is C14H19FN2O2. The third kappa shape index (κ3) is 3.67. The summed E-state index contributed by atoms with van der Waals surface area (Å²) in [6.07, 6.45) is -0.406. The quantitative estimate of drug-likeness (QED) is 0.911. The van der Waals surface area contributed by atoms with Crippen molar-refractivity contribution < 1.29 is 13.9 Å². The molecule has 1 heterocycles. The van der Waals surface area contributed by atoms with Crippen LogP contribution in [0, 0.1) is 0 Å². The smallest absolute Gasteiger partial charge is 0.410 e. The lowest BCUT2D eigenvalue weighted by Gasteiger charge is -2.35. The number of nitrogens with zero attached hydrogens (tertiary/aromatic N) is 1. The number of hydrogen-bond acceptors (Lipinski definition) is 3. The lowest BCUT2D eigenvalue weighted by molar-refractivity contribution is 0.0483. The van der Waals surface area contributed by atoms with Crippen molar-refractivity contribution in [2.75, 3.05) is 13.1 Å². The zero-order valence-corrected chi connectivity index (χ0v) is 10.8. The summed E-state index contributed by atoms with van der Waals surface area (Å²) in [5.74, 6) is 0. The first kappa shape index (κ1) is 13.8. The minimum absolute atomic E-state index is 0.0789. The van der Waals surface area contributed by atoms with E-state index in [-0.39, 0.29) is 19.2 Å². The van der Waals surface area contributed by atoms with Gasteiger partial charge in [-0.05, 0) is 18.4 Å². The van der Waals surface area contributed by atoms with Crippen LogP contribution in [0.3, 0.4) is 0 Å². The van der Waals surface area contributed by atoms with E-state index in [1.54, 1.807) is 0 Å². The van der Waals surface area contributed by atoms with Crippen molar-refractivity contribution in [3.05, 3.63) is 35.9 Å². The van der Waals surface area contributed by atoms with E-state index in [9.17, 15) is 9.18 Å². The van der Waals surface area contributed by atoms with Gasteiger partial charge in [0.2, 0.25) is 0 Å². The predicted octanol–water partition coefficient (Wildman–Crippen LogP) is 2.08. The Labute approximate surface area is 112 Å². The molecule has 1 saturated heterocycles. The Morgan fingerprint density at radius 1 is 1.37 bits per heavy atom. The second kappa shape index (κ2) is 6.52. The van der Waals surface area contributed by atoms with E-state index >= 15 is 0 Å². The lowest BCUT2D eigenvalue weighted by atomic mass is 10.0. The second-order valence-corrected chi connectivity index (χ2v) is 4.76. The first-order chi connectivity index (χ1) is 9.20. The molecule has 1 fully saturated rings. The lowest BCUT2D eigenvalue weighted by Crippen LogP contribution is -2.50. The number of carbonyl (C=O) groups is 1. The summed E-state index contributed by atoms with van der Waals surface area (Å²) >= 11 is 0. The van der Waals surface area contributed by atoms with Crippen LogP contribution in [-0.2, 0) is 11.3 Å². The van der Waals surface area contributed by atoms with Crippen LogP contribution in [0.5, 0.6) is 0 Å². The standard InChI is InChI=1S/C14H19FN2O2/c15-12-6-7-13(8-16)17(9-12)14(18)19-10-11-4-2-1-3-5-11/h1-5,12-13H,6-10,16H2. The van der Waals surface area contributed by atoms with Gasteiger partial charge in [-0.3, -0.25) is 0 Å². The number of ether oxygens (including phenoxy) is 1. The Morgan fingerprint density at radius 3 is 2.79 bits per heavy atom. The van der Waals surface area contributed by atoms with Crippen molar-refractivity contribution in [3.8, 4) is 0 Å². The SMILES string of the molecule is NCC1CCC(F)CN1C(=O)OCc1ccccc1. The first-order valence-corrected chi connectivity index (χ1v) is 6.52. The van der Waals surface area contributed by atoms with Gasteiger partial charge in [0.25, 0.3) is 0 Å². The predicted molar refractivity (Wildman–Crippen MR) is 70.3 cm³/mol. The molecule has 2 rings (SSSR count). The Morgan fingerprint density at radius 2 is 2.11 bits per heavy atom. The zero-order valence-electron chi connectivity index (χ0n) is 10.8. The van der Waals surface area contributed by atoms with Gasteiger partial charge in [0.15, 0.2) is 0 Å². The van der Waals surface area contributed by atoms with Crippen LogP contribution < -0.4 is 5.73 Å². The molecule has 0 spiro atoms. The Balaban J connectivity index is 1.90. The molecule has 0 aliphatic carbocycles. The van der Waals surface area contributed by atoms with Gasteiger partial charge in [-0.2, -0.15) is 0 Å². The van der Waals surface area contributed by atoms with Crippen molar-refractivity contribution in [2.45, 2.75) is 31.7 Å². The number of alkyl halides is 1. The summed E-state index contributed by atoms with van der Waals surface area (Å²) in [4.78, 5) is 13.4. The topological polar surface area (TPSA) is 55.6 Å².